The lowest BCUT2D eigenvalue weighted by molar-refractivity contribution is 0.0734. The highest BCUT2D eigenvalue weighted by atomic mass is 16.5. The molecule has 4 rings (SSSR count). The zero-order valence-electron chi connectivity index (χ0n) is 17.3. The summed E-state index contributed by atoms with van der Waals surface area (Å²) in [5, 5.41) is 9.46. The fourth-order valence-electron chi connectivity index (χ4n) is 4.04. The lowest BCUT2D eigenvalue weighted by Gasteiger charge is -2.23. The van der Waals surface area contributed by atoms with E-state index < -0.39 is 0 Å². The number of aryl methyl sites for hydroxylation is 1. The summed E-state index contributed by atoms with van der Waals surface area (Å²) in [7, 11) is 0. The van der Waals surface area contributed by atoms with E-state index in [4.69, 9.17) is 4.74 Å². The van der Waals surface area contributed by atoms with Crippen LogP contribution in [0.15, 0.2) is 54.6 Å². The molecule has 2 aromatic rings. The molecule has 0 aromatic heterocycles. The van der Waals surface area contributed by atoms with Crippen molar-refractivity contribution < 1.29 is 9.84 Å². The van der Waals surface area contributed by atoms with Crippen LogP contribution in [0.2, 0.25) is 0 Å². The topological polar surface area (TPSA) is 32.7 Å². The lowest BCUT2D eigenvalue weighted by atomic mass is 10.0. The van der Waals surface area contributed by atoms with E-state index >= 15 is 0 Å². The predicted octanol–water partition coefficient (Wildman–Crippen LogP) is 5.94. The van der Waals surface area contributed by atoms with Crippen molar-refractivity contribution in [1.29, 1.82) is 0 Å². The van der Waals surface area contributed by atoms with Crippen LogP contribution < -0.4 is 0 Å². The standard InChI is InChI=1S/C20H23NO2.2C2H6/c22-18-11-7-16(8-12-18)20-19-13-10-17(21(19)14-23-20)9-6-15-4-2-1-3-5-15;2*1-2/h1-5,7-8,11-12,17,19-20,22H,6,9-10,13-14H2;2*1-2H3/t17-,19+,20-;;/m1../s1. The molecule has 2 aliphatic rings. The smallest absolute Gasteiger partial charge is 0.115 e. The van der Waals surface area contributed by atoms with Crippen molar-refractivity contribution in [1.82, 2.24) is 4.90 Å². The Bertz CT molecular complexity index is 641. The monoisotopic (exact) mass is 369 g/mol. The summed E-state index contributed by atoms with van der Waals surface area (Å²) in [5.41, 5.74) is 2.60. The molecule has 148 valence electrons. The number of aromatic hydroxyl groups is 1. The molecule has 1 N–H and O–H groups in total. The Kier molecular flexibility index (Phi) is 8.83. The Hall–Kier alpha value is -1.84. The SMILES string of the molecule is CC.CC.Oc1ccc([C@H]2OCN3[C@H](CCc4ccccc4)CC[C@@H]23)cc1. The third-order valence-corrected chi connectivity index (χ3v) is 5.27. The minimum Gasteiger partial charge on any atom is -0.508 e. The van der Waals surface area contributed by atoms with E-state index in [0.29, 0.717) is 17.8 Å². The maximum atomic E-state index is 9.46. The molecular weight excluding hydrogens is 334 g/mol. The molecule has 2 heterocycles. The van der Waals surface area contributed by atoms with Crippen LogP contribution in [0.5, 0.6) is 5.75 Å². The van der Waals surface area contributed by atoms with E-state index in [0.717, 1.165) is 13.2 Å². The number of phenols is 1. The van der Waals surface area contributed by atoms with Crippen molar-refractivity contribution in [2.75, 3.05) is 6.73 Å². The molecule has 3 nitrogen and oxygen atoms in total. The second-order valence-electron chi connectivity index (χ2n) is 6.64. The number of hydrogen-bond acceptors (Lipinski definition) is 3. The second-order valence-corrected chi connectivity index (χ2v) is 6.64. The number of benzene rings is 2. The number of hydrogen-bond donors (Lipinski definition) is 1. The Balaban J connectivity index is 0.000000614. The van der Waals surface area contributed by atoms with Crippen molar-refractivity contribution >= 4 is 0 Å². The third kappa shape index (κ3) is 5.33. The second kappa shape index (κ2) is 11.1. The summed E-state index contributed by atoms with van der Waals surface area (Å²) in [5.74, 6) is 0.316. The van der Waals surface area contributed by atoms with E-state index in [1.54, 1.807) is 12.1 Å². The van der Waals surface area contributed by atoms with Crippen molar-refractivity contribution in [2.24, 2.45) is 0 Å². The van der Waals surface area contributed by atoms with Gasteiger partial charge in [0.05, 0.1) is 6.10 Å². The molecule has 0 bridgehead atoms. The first-order valence-corrected chi connectivity index (χ1v) is 10.5. The van der Waals surface area contributed by atoms with Crippen LogP contribution in [-0.4, -0.2) is 28.8 Å². The van der Waals surface area contributed by atoms with Crippen LogP contribution in [0, 0.1) is 0 Å². The molecule has 2 aromatic carbocycles. The Morgan fingerprint density at radius 2 is 1.59 bits per heavy atom. The van der Waals surface area contributed by atoms with E-state index in [1.807, 2.05) is 39.8 Å². The van der Waals surface area contributed by atoms with E-state index in [1.165, 1.54) is 30.4 Å². The Labute approximate surface area is 165 Å². The summed E-state index contributed by atoms with van der Waals surface area (Å²) in [6, 6.07) is 19.3. The first-order valence-electron chi connectivity index (χ1n) is 10.5. The predicted molar refractivity (Wildman–Crippen MR) is 113 cm³/mol. The van der Waals surface area contributed by atoms with Gasteiger partial charge >= 0.3 is 0 Å². The normalized spacial score (nSPS) is 23.6. The largest absolute Gasteiger partial charge is 0.508 e. The van der Waals surface area contributed by atoms with Gasteiger partial charge < -0.3 is 9.84 Å². The summed E-state index contributed by atoms with van der Waals surface area (Å²) in [4.78, 5) is 2.54. The fraction of sp³-hybridized carbons (Fsp3) is 0.500. The van der Waals surface area contributed by atoms with Gasteiger partial charge in [0.1, 0.15) is 12.5 Å². The van der Waals surface area contributed by atoms with Gasteiger partial charge in [-0.2, -0.15) is 0 Å². The molecule has 2 saturated heterocycles. The summed E-state index contributed by atoms with van der Waals surface area (Å²) in [6.45, 7) is 8.73. The van der Waals surface area contributed by atoms with Crippen LogP contribution in [0.4, 0.5) is 0 Å². The first-order chi connectivity index (χ1) is 13.3. The maximum absolute atomic E-state index is 9.46. The van der Waals surface area contributed by atoms with Crippen LogP contribution in [0.3, 0.4) is 0 Å². The van der Waals surface area contributed by atoms with Gasteiger partial charge in [-0.1, -0.05) is 70.2 Å². The zero-order valence-corrected chi connectivity index (χ0v) is 17.3. The highest BCUT2D eigenvalue weighted by Gasteiger charge is 2.43. The van der Waals surface area contributed by atoms with Crippen molar-refractivity contribution in [3.8, 4) is 5.75 Å². The lowest BCUT2D eigenvalue weighted by Crippen LogP contribution is -2.33. The molecule has 0 aliphatic carbocycles. The quantitative estimate of drug-likeness (QED) is 0.724. The van der Waals surface area contributed by atoms with Gasteiger partial charge in [-0.3, -0.25) is 4.90 Å². The Morgan fingerprint density at radius 3 is 2.26 bits per heavy atom. The highest BCUT2D eigenvalue weighted by Crippen LogP contribution is 2.41. The highest BCUT2D eigenvalue weighted by molar-refractivity contribution is 5.29. The maximum Gasteiger partial charge on any atom is 0.115 e. The molecule has 2 aliphatic heterocycles. The van der Waals surface area contributed by atoms with Crippen LogP contribution in [-0.2, 0) is 11.2 Å². The summed E-state index contributed by atoms with van der Waals surface area (Å²) < 4.78 is 6.07. The molecule has 0 spiro atoms. The minimum atomic E-state index is 0.150. The average Bonchev–Trinajstić information content (AvgIpc) is 3.33. The average molecular weight is 370 g/mol. The zero-order chi connectivity index (χ0) is 19.6. The molecule has 0 amide bonds. The van der Waals surface area contributed by atoms with Gasteiger partial charge in [0.15, 0.2) is 0 Å². The molecule has 2 fully saturated rings. The number of phenolic OH excluding ortho intramolecular Hbond substituents is 1. The van der Waals surface area contributed by atoms with E-state index in [-0.39, 0.29) is 6.10 Å². The molecule has 3 heteroatoms. The molecule has 0 radical (unpaired) electrons. The number of rotatable bonds is 4. The van der Waals surface area contributed by atoms with Gasteiger partial charge in [0.25, 0.3) is 0 Å². The summed E-state index contributed by atoms with van der Waals surface area (Å²) in [6.07, 6.45) is 4.95. The van der Waals surface area contributed by atoms with E-state index in [2.05, 4.69) is 35.2 Å². The van der Waals surface area contributed by atoms with Gasteiger partial charge in [-0.25, -0.2) is 0 Å². The van der Waals surface area contributed by atoms with Gasteiger partial charge in [-0.05, 0) is 48.9 Å². The molecular formula is C24H35NO2. The Morgan fingerprint density at radius 1 is 0.926 bits per heavy atom. The fourth-order valence-corrected chi connectivity index (χ4v) is 4.04. The molecule has 0 unspecified atom stereocenters. The van der Waals surface area contributed by atoms with Gasteiger partial charge in [0, 0.05) is 12.1 Å². The summed E-state index contributed by atoms with van der Waals surface area (Å²) >= 11 is 0. The van der Waals surface area contributed by atoms with Gasteiger partial charge in [-0.15, -0.1) is 0 Å². The first kappa shape index (κ1) is 21.5. The van der Waals surface area contributed by atoms with Crippen molar-refractivity contribution in [3.05, 3.63) is 65.7 Å². The van der Waals surface area contributed by atoms with E-state index in [9.17, 15) is 5.11 Å². The minimum absolute atomic E-state index is 0.150. The number of ether oxygens (including phenoxy) is 1. The molecule has 3 atom stereocenters. The number of nitrogens with zero attached hydrogens (tertiary/aromatic N) is 1. The molecule has 0 saturated carbocycles. The third-order valence-electron chi connectivity index (χ3n) is 5.27. The van der Waals surface area contributed by atoms with Crippen LogP contribution in [0.25, 0.3) is 0 Å². The van der Waals surface area contributed by atoms with Crippen LogP contribution >= 0.6 is 0 Å². The number of fused-ring (bicyclic) bond motifs is 1. The van der Waals surface area contributed by atoms with Crippen molar-refractivity contribution in [3.63, 3.8) is 0 Å². The van der Waals surface area contributed by atoms with Crippen LogP contribution in [0.1, 0.15) is 64.2 Å². The van der Waals surface area contributed by atoms with Gasteiger partial charge in [0.2, 0.25) is 0 Å². The van der Waals surface area contributed by atoms with Crippen molar-refractivity contribution in [2.45, 2.75) is 71.6 Å². The molecule has 27 heavy (non-hydrogen) atoms.